The number of amides is 2. The second kappa shape index (κ2) is 8.52. The SMILES string of the molecule is CCCCCNC(=O)N(C(=N)N)c1c(Cl)cccc1CC. The van der Waals surface area contributed by atoms with Crippen LogP contribution >= 0.6 is 11.6 Å². The molecule has 116 valence electrons. The number of unbranched alkanes of at least 4 members (excludes halogenated alkanes) is 2. The van der Waals surface area contributed by atoms with Crippen LogP contribution in [0.5, 0.6) is 0 Å². The van der Waals surface area contributed by atoms with Crippen LogP contribution in [0, 0.1) is 5.41 Å². The summed E-state index contributed by atoms with van der Waals surface area (Å²) >= 11 is 6.20. The van der Waals surface area contributed by atoms with Crippen molar-refractivity contribution in [2.45, 2.75) is 39.5 Å². The minimum atomic E-state index is -0.415. The van der Waals surface area contributed by atoms with Gasteiger partial charge in [0.05, 0.1) is 10.7 Å². The van der Waals surface area contributed by atoms with E-state index in [2.05, 4.69) is 12.2 Å². The number of halogens is 1. The van der Waals surface area contributed by atoms with Gasteiger partial charge in [-0.1, -0.05) is 50.4 Å². The highest BCUT2D eigenvalue weighted by Crippen LogP contribution is 2.30. The number of carbonyl (C=O) groups is 1. The minimum absolute atomic E-state index is 0.342. The fourth-order valence-corrected chi connectivity index (χ4v) is 2.36. The third-order valence-corrected chi connectivity index (χ3v) is 3.48. The van der Waals surface area contributed by atoms with Gasteiger partial charge in [-0.05, 0) is 24.5 Å². The number of nitrogens with one attached hydrogen (secondary N) is 2. The van der Waals surface area contributed by atoms with E-state index in [-0.39, 0.29) is 5.96 Å². The summed E-state index contributed by atoms with van der Waals surface area (Å²) < 4.78 is 0. The number of urea groups is 1. The molecule has 4 N–H and O–H groups in total. The third kappa shape index (κ3) is 4.63. The molecule has 0 aliphatic carbocycles. The molecule has 21 heavy (non-hydrogen) atoms. The maximum atomic E-state index is 12.3. The molecule has 0 heterocycles. The number of hydrogen-bond acceptors (Lipinski definition) is 2. The Morgan fingerprint density at radius 3 is 2.67 bits per heavy atom. The molecule has 0 spiro atoms. The van der Waals surface area contributed by atoms with Gasteiger partial charge in [0.25, 0.3) is 0 Å². The number of para-hydroxylation sites is 1. The highest BCUT2D eigenvalue weighted by atomic mass is 35.5. The van der Waals surface area contributed by atoms with Gasteiger partial charge in [0.2, 0.25) is 5.96 Å². The van der Waals surface area contributed by atoms with Crippen LogP contribution in [0.3, 0.4) is 0 Å². The first kappa shape index (κ1) is 17.3. The van der Waals surface area contributed by atoms with Crippen LogP contribution in [0.4, 0.5) is 10.5 Å². The number of aryl methyl sites for hydroxylation is 1. The van der Waals surface area contributed by atoms with Crippen molar-refractivity contribution in [1.29, 1.82) is 5.41 Å². The summed E-state index contributed by atoms with van der Waals surface area (Å²) in [5.74, 6) is -0.342. The van der Waals surface area contributed by atoms with Crippen LogP contribution in [0.1, 0.15) is 38.7 Å². The highest BCUT2D eigenvalue weighted by Gasteiger charge is 2.23. The number of hydrogen-bond donors (Lipinski definition) is 3. The van der Waals surface area contributed by atoms with Gasteiger partial charge in [-0.3, -0.25) is 5.41 Å². The lowest BCUT2D eigenvalue weighted by molar-refractivity contribution is 0.248. The minimum Gasteiger partial charge on any atom is -0.369 e. The van der Waals surface area contributed by atoms with E-state index in [9.17, 15) is 4.79 Å². The maximum Gasteiger partial charge on any atom is 0.328 e. The zero-order valence-corrected chi connectivity index (χ0v) is 13.3. The summed E-state index contributed by atoms with van der Waals surface area (Å²) in [5, 5.41) is 10.9. The standard InChI is InChI=1S/C15H23ClN4O/c1-3-5-6-10-19-15(21)20(14(17)18)13-11(4-2)8-7-9-12(13)16/h7-9H,3-6,10H2,1-2H3,(H3,17,18)(H,19,21). The number of nitrogens with zero attached hydrogens (tertiary/aromatic N) is 1. The van der Waals surface area contributed by atoms with Gasteiger partial charge >= 0.3 is 6.03 Å². The average Bonchev–Trinajstić information content (AvgIpc) is 2.45. The molecule has 0 saturated heterocycles. The molecule has 0 saturated carbocycles. The van der Waals surface area contributed by atoms with Crippen LogP contribution in [0.25, 0.3) is 0 Å². The highest BCUT2D eigenvalue weighted by molar-refractivity contribution is 6.35. The van der Waals surface area contributed by atoms with Gasteiger partial charge in [0, 0.05) is 6.54 Å². The molecule has 5 nitrogen and oxygen atoms in total. The van der Waals surface area contributed by atoms with Crippen molar-refractivity contribution < 1.29 is 4.79 Å². The van der Waals surface area contributed by atoms with E-state index in [1.165, 1.54) is 0 Å². The Morgan fingerprint density at radius 2 is 2.10 bits per heavy atom. The molecule has 6 heteroatoms. The van der Waals surface area contributed by atoms with Crippen LogP contribution in [-0.2, 0) is 6.42 Å². The van der Waals surface area contributed by atoms with Gasteiger partial charge in [0.15, 0.2) is 0 Å². The molecule has 0 radical (unpaired) electrons. The van der Waals surface area contributed by atoms with Crippen LogP contribution in [-0.4, -0.2) is 18.5 Å². The van der Waals surface area contributed by atoms with Crippen molar-refractivity contribution in [1.82, 2.24) is 5.32 Å². The van der Waals surface area contributed by atoms with Crippen molar-refractivity contribution >= 4 is 29.3 Å². The lowest BCUT2D eigenvalue weighted by Crippen LogP contribution is -2.48. The summed E-state index contributed by atoms with van der Waals surface area (Å²) in [6.45, 7) is 4.62. The molecule has 0 fully saturated rings. The van der Waals surface area contributed by atoms with Gasteiger partial charge in [-0.2, -0.15) is 0 Å². The molecule has 0 aromatic heterocycles. The van der Waals surface area contributed by atoms with E-state index in [4.69, 9.17) is 22.7 Å². The first-order valence-corrected chi connectivity index (χ1v) is 7.60. The zero-order valence-electron chi connectivity index (χ0n) is 12.6. The van der Waals surface area contributed by atoms with E-state index >= 15 is 0 Å². The zero-order chi connectivity index (χ0) is 15.8. The van der Waals surface area contributed by atoms with E-state index in [1.54, 1.807) is 6.07 Å². The molecule has 0 atom stereocenters. The maximum absolute atomic E-state index is 12.3. The van der Waals surface area contributed by atoms with E-state index in [0.29, 0.717) is 23.7 Å². The predicted octanol–water partition coefficient (Wildman–Crippen LogP) is 3.50. The number of benzene rings is 1. The van der Waals surface area contributed by atoms with Crippen LogP contribution < -0.4 is 16.0 Å². The molecule has 0 aliphatic heterocycles. The second-order valence-corrected chi connectivity index (χ2v) is 5.17. The second-order valence-electron chi connectivity index (χ2n) is 4.76. The molecular formula is C15H23ClN4O. The van der Waals surface area contributed by atoms with Gasteiger partial charge in [0.1, 0.15) is 0 Å². The first-order valence-electron chi connectivity index (χ1n) is 7.22. The quantitative estimate of drug-likeness (QED) is 0.427. The summed E-state index contributed by atoms with van der Waals surface area (Å²) in [4.78, 5) is 13.4. The van der Waals surface area contributed by atoms with Gasteiger partial charge < -0.3 is 11.1 Å². The lowest BCUT2D eigenvalue weighted by atomic mass is 10.1. The van der Waals surface area contributed by atoms with Crippen molar-refractivity contribution in [3.63, 3.8) is 0 Å². The smallest absolute Gasteiger partial charge is 0.328 e. The molecule has 1 rings (SSSR count). The average molecular weight is 311 g/mol. The molecule has 1 aromatic rings. The van der Waals surface area contributed by atoms with Crippen molar-refractivity contribution in [2.75, 3.05) is 11.4 Å². The third-order valence-electron chi connectivity index (χ3n) is 3.18. The van der Waals surface area contributed by atoms with Crippen molar-refractivity contribution in [3.05, 3.63) is 28.8 Å². The van der Waals surface area contributed by atoms with Crippen molar-refractivity contribution in [2.24, 2.45) is 5.73 Å². The molecule has 0 bridgehead atoms. The largest absolute Gasteiger partial charge is 0.369 e. The summed E-state index contributed by atoms with van der Waals surface area (Å²) in [5.41, 5.74) is 6.95. The summed E-state index contributed by atoms with van der Waals surface area (Å²) in [6.07, 6.45) is 3.73. The lowest BCUT2D eigenvalue weighted by Gasteiger charge is -2.24. The van der Waals surface area contributed by atoms with Gasteiger partial charge in [-0.15, -0.1) is 0 Å². The Hall–Kier alpha value is -1.75. The van der Waals surface area contributed by atoms with Crippen LogP contribution in [0.15, 0.2) is 18.2 Å². The number of rotatable bonds is 6. The van der Waals surface area contributed by atoms with Crippen molar-refractivity contribution in [3.8, 4) is 0 Å². The Morgan fingerprint density at radius 1 is 1.38 bits per heavy atom. The topological polar surface area (TPSA) is 82.2 Å². The number of carbonyl (C=O) groups excluding carboxylic acids is 1. The molecule has 0 aliphatic rings. The Balaban J connectivity index is 2.97. The van der Waals surface area contributed by atoms with E-state index in [0.717, 1.165) is 29.7 Å². The van der Waals surface area contributed by atoms with Gasteiger partial charge in [-0.25, -0.2) is 9.69 Å². The Bertz CT molecular complexity index is 504. The number of nitrogens with two attached hydrogens (primary N) is 1. The molecule has 0 unspecified atom stereocenters. The molecular weight excluding hydrogens is 288 g/mol. The predicted molar refractivity (Wildman–Crippen MR) is 88.1 cm³/mol. The van der Waals surface area contributed by atoms with E-state index < -0.39 is 6.03 Å². The fraction of sp³-hybridized carbons (Fsp3) is 0.467. The number of guanidine groups is 1. The number of anilines is 1. The normalized spacial score (nSPS) is 10.2. The molecule has 1 aromatic carbocycles. The van der Waals surface area contributed by atoms with E-state index in [1.807, 2.05) is 19.1 Å². The Labute approximate surface area is 131 Å². The van der Waals surface area contributed by atoms with Crippen LogP contribution in [0.2, 0.25) is 5.02 Å². The monoisotopic (exact) mass is 310 g/mol. The Kier molecular flexibility index (Phi) is 7.02. The summed E-state index contributed by atoms with van der Waals surface area (Å²) in [6, 6.07) is 4.97. The molecule has 2 amide bonds. The fourth-order valence-electron chi connectivity index (χ4n) is 2.08. The first-order chi connectivity index (χ1) is 10.0. The summed E-state index contributed by atoms with van der Waals surface area (Å²) in [7, 11) is 0.